The predicted octanol–water partition coefficient (Wildman–Crippen LogP) is 1.22. The van der Waals surface area contributed by atoms with Gasteiger partial charge in [-0.2, -0.15) is 12.7 Å². The molecular formula is C12H19N3O2S. The average molecular weight is 269 g/mol. The topological polar surface area (TPSA) is 66.6 Å². The second-order valence-corrected chi connectivity index (χ2v) is 6.70. The molecule has 0 fully saturated rings. The van der Waals surface area contributed by atoms with Crippen molar-refractivity contribution in [3.8, 4) is 0 Å². The standard InChI is InChI=1S/C12H19N3O2S/c1-9(2)14(3)18(16,17)15-8-7-10-11(13)5-4-6-12(10)15/h4-6,9H,7-8,13H2,1-3H3. The van der Waals surface area contributed by atoms with Crippen molar-refractivity contribution < 1.29 is 8.42 Å². The number of anilines is 2. The maximum atomic E-state index is 12.5. The third-order valence-electron chi connectivity index (χ3n) is 3.39. The van der Waals surface area contributed by atoms with E-state index in [1.807, 2.05) is 19.9 Å². The SMILES string of the molecule is CC(C)N(C)S(=O)(=O)N1CCc2c(N)cccc21. The number of hydrogen-bond donors (Lipinski definition) is 1. The van der Waals surface area contributed by atoms with E-state index in [9.17, 15) is 8.42 Å². The minimum atomic E-state index is -3.46. The Bertz CT molecular complexity index is 554. The van der Waals surface area contributed by atoms with Gasteiger partial charge in [0.15, 0.2) is 0 Å². The van der Waals surface area contributed by atoms with Crippen LogP contribution >= 0.6 is 0 Å². The molecule has 0 saturated heterocycles. The largest absolute Gasteiger partial charge is 0.398 e. The lowest BCUT2D eigenvalue weighted by Gasteiger charge is -2.28. The summed E-state index contributed by atoms with van der Waals surface area (Å²) in [5.74, 6) is 0. The number of benzene rings is 1. The molecule has 1 heterocycles. The summed E-state index contributed by atoms with van der Waals surface area (Å²) < 4.78 is 27.7. The normalized spacial score (nSPS) is 15.5. The van der Waals surface area contributed by atoms with Crippen LogP contribution in [0, 0.1) is 0 Å². The lowest BCUT2D eigenvalue weighted by molar-refractivity contribution is 0.408. The predicted molar refractivity (Wildman–Crippen MR) is 73.7 cm³/mol. The van der Waals surface area contributed by atoms with Crippen molar-refractivity contribution in [2.45, 2.75) is 26.3 Å². The Hall–Kier alpha value is -1.27. The van der Waals surface area contributed by atoms with Crippen LogP contribution in [0.25, 0.3) is 0 Å². The van der Waals surface area contributed by atoms with Gasteiger partial charge in [-0.3, -0.25) is 4.31 Å². The minimum absolute atomic E-state index is 0.0693. The van der Waals surface area contributed by atoms with E-state index in [4.69, 9.17) is 5.73 Å². The first kappa shape index (κ1) is 13.2. The van der Waals surface area contributed by atoms with Crippen LogP contribution < -0.4 is 10.0 Å². The second kappa shape index (κ2) is 4.44. The van der Waals surface area contributed by atoms with E-state index >= 15 is 0 Å². The van der Waals surface area contributed by atoms with Gasteiger partial charge < -0.3 is 5.73 Å². The molecule has 0 spiro atoms. The summed E-state index contributed by atoms with van der Waals surface area (Å²) in [5.41, 5.74) is 8.18. The molecule has 0 aromatic heterocycles. The van der Waals surface area contributed by atoms with Gasteiger partial charge in [0, 0.05) is 30.9 Å². The van der Waals surface area contributed by atoms with E-state index in [1.54, 1.807) is 19.2 Å². The Kier molecular flexibility index (Phi) is 3.25. The fourth-order valence-corrected chi connectivity index (χ4v) is 3.68. The van der Waals surface area contributed by atoms with Gasteiger partial charge in [0.2, 0.25) is 0 Å². The monoisotopic (exact) mass is 269 g/mol. The van der Waals surface area contributed by atoms with Crippen LogP contribution in [0.1, 0.15) is 19.4 Å². The fourth-order valence-electron chi connectivity index (χ4n) is 2.09. The van der Waals surface area contributed by atoms with Crippen LogP contribution in [0.15, 0.2) is 18.2 Å². The van der Waals surface area contributed by atoms with E-state index < -0.39 is 10.2 Å². The lowest BCUT2D eigenvalue weighted by atomic mass is 10.1. The van der Waals surface area contributed by atoms with E-state index in [0.29, 0.717) is 24.3 Å². The molecule has 0 saturated carbocycles. The third kappa shape index (κ3) is 1.95. The van der Waals surface area contributed by atoms with Gasteiger partial charge >= 0.3 is 10.2 Å². The first-order valence-electron chi connectivity index (χ1n) is 5.98. The molecule has 2 N–H and O–H groups in total. The third-order valence-corrected chi connectivity index (χ3v) is 5.48. The summed E-state index contributed by atoms with van der Waals surface area (Å²) in [5, 5.41) is 0. The van der Waals surface area contributed by atoms with Crippen LogP contribution in [0.5, 0.6) is 0 Å². The summed E-state index contributed by atoms with van der Waals surface area (Å²) in [6, 6.07) is 5.34. The fraction of sp³-hybridized carbons (Fsp3) is 0.500. The Morgan fingerprint density at radius 3 is 2.67 bits per heavy atom. The van der Waals surface area contributed by atoms with Crippen molar-refractivity contribution in [2.75, 3.05) is 23.6 Å². The first-order chi connectivity index (χ1) is 8.35. The molecule has 1 aliphatic rings. The smallest absolute Gasteiger partial charge is 0.304 e. The molecule has 1 aromatic rings. The summed E-state index contributed by atoms with van der Waals surface area (Å²) in [6.45, 7) is 4.17. The molecule has 0 atom stereocenters. The van der Waals surface area contributed by atoms with Crippen LogP contribution in [-0.2, 0) is 16.6 Å². The minimum Gasteiger partial charge on any atom is -0.398 e. The molecule has 2 rings (SSSR count). The van der Waals surface area contributed by atoms with Gasteiger partial charge in [0.1, 0.15) is 0 Å². The Morgan fingerprint density at radius 2 is 2.06 bits per heavy atom. The molecule has 0 bridgehead atoms. The number of nitrogens with zero attached hydrogens (tertiary/aromatic N) is 2. The molecule has 0 aliphatic carbocycles. The van der Waals surface area contributed by atoms with Crippen LogP contribution in [-0.4, -0.2) is 32.4 Å². The number of nitrogens with two attached hydrogens (primary N) is 1. The zero-order valence-corrected chi connectivity index (χ0v) is 11.7. The van der Waals surface area contributed by atoms with Crippen molar-refractivity contribution in [2.24, 2.45) is 0 Å². The molecular weight excluding hydrogens is 250 g/mol. The first-order valence-corrected chi connectivity index (χ1v) is 7.38. The zero-order valence-electron chi connectivity index (χ0n) is 10.9. The quantitative estimate of drug-likeness (QED) is 0.839. The molecule has 5 nitrogen and oxygen atoms in total. The van der Waals surface area contributed by atoms with E-state index in [0.717, 1.165) is 5.56 Å². The van der Waals surface area contributed by atoms with Crippen molar-refractivity contribution in [1.82, 2.24) is 4.31 Å². The van der Waals surface area contributed by atoms with Gasteiger partial charge in [-0.05, 0) is 32.4 Å². The molecule has 0 radical (unpaired) electrons. The number of hydrogen-bond acceptors (Lipinski definition) is 3. The van der Waals surface area contributed by atoms with Gasteiger partial charge in [-0.15, -0.1) is 0 Å². The highest BCUT2D eigenvalue weighted by Gasteiger charge is 2.34. The van der Waals surface area contributed by atoms with E-state index in [1.165, 1.54) is 8.61 Å². The Balaban J connectivity index is 2.43. The van der Waals surface area contributed by atoms with Gasteiger partial charge in [-0.25, -0.2) is 0 Å². The highest BCUT2D eigenvalue weighted by molar-refractivity contribution is 7.90. The van der Waals surface area contributed by atoms with Crippen molar-refractivity contribution >= 4 is 21.6 Å². The summed E-state index contributed by atoms with van der Waals surface area (Å²) in [4.78, 5) is 0. The zero-order chi connectivity index (χ0) is 13.5. The number of rotatable bonds is 3. The molecule has 0 unspecified atom stereocenters. The second-order valence-electron chi connectivity index (χ2n) is 4.78. The van der Waals surface area contributed by atoms with E-state index in [2.05, 4.69) is 0 Å². The maximum absolute atomic E-state index is 12.5. The molecule has 1 aromatic carbocycles. The highest BCUT2D eigenvalue weighted by Crippen LogP contribution is 2.34. The van der Waals surface area contributed by atoms with Gasteiger partial charge in [0.25, 0.3) is 0 Å². The van der Waals surface area contributed by atoms with Crippen LogP contribution in [0.2, 0.25) is 0 Å². The highest BCUT2D eigenvalue weighted by atomic mass is 32.2. The summed E-state index contributed by atoms with van der Waals surface area (Å²) >= 11 is 0. The lowest BCUT2D eigenvalue weighted by Crippen LogP contribution is -2.44. The number of nitrogen functional groups attached to an aromatic ring is 1. The van der Waals surface area contributed by atoms with Crippen molar-refractivity contribution in [3.05, 3.63) is 23.8 Å². The molecule has 0 amide bonds. The van der Waals surface area contributed by atoms with Crippen molar-refractivity contribution in [3.63, 3.8) is 0 Å². The summed E-state index contributed by atoms with van der Waals surface area (Å²) in [6.07, 6.45) is 0.674. The summed E-state index contributed by atoms with van der Waals surface area (Å²) in [7, 11) is -1.86. The maximum Gasteiger partial charge on any atom is 0.304 e. The average Bonchev–Trinajstić information content (AvgIpc) is 2.73. The van der Waals surface area contributed by atoms with Crippen LogP contribution in [0.3, 0.4) is 0 Å². The Labute approximate surface area is 108 Å². The van der Waals surface area contributed by atoms with Gasteiger partial charge in [-0.1, -0.05) is 6.07 Å². The molecule has 6 heteroatoms. The van der Waals surface area contributed by atoms with Gasteiger partial charge in [0.05, 0.1) is 5.69 Å². The molecule has 18 heavy (non-hydrogen) atoms. The molecule has 1 aliphatic heterocycles. The molecule has 100 valence electrons. The van der Waals surface area contributed by atoms with E-state index in [-0.39, 0.29) is 6.04 Å². The number of fused-ring (bicyclic) bond motifs is 1. The van der Waals surface area contributed by atoms with Crippen molar-refractivity contribution in [1.29, 1.82) is 0 Å². The Morgan fingerprint density at radius 1 is 1.39 bits per heavy atom. The van der Waals surface area contributed by atoms with Crippen LogP contribution in [0.4, 0.5) is 11.4 Å².